The lowest BCUT2D eigenvalue weighted by Crippen LogP contribution is -2.45. The number of guanidine groups is 1. The minimum absolute atomic E-state index is 0. The standard InChI is InChI=1S/C13H26N4.HI/c1-3-15-13(14-2)16-11-8-9-17(10-11)12-6-4-5-7-12;/h11-12H,3-10H2,1-2H3,(H2,14,15,16);1H. The summed E-state index contributed by atoms with van der Waals surface area (Å²) in [7, 11) is 1.84. The van der Waals surface area contributed by atoms with E-state index in [2.05, 4.69) is 27.4 Å². The number of likely N-dealkylation sites (tertiary alicyclic amines) is 1. The first-order valence-electron chi connectivity index (χ1n) is 7.04. The Hall–Kier alpha value is -0.0400. The Kier molecular flexibility index (Phi) is 7.29. The molecule has 0 aromatic carbocycles. The van der Waals surface area contributed by atoms with Gasteiger partial charge < -0.3 is 10.6 Å². The summed E-state index contributed by atoms with van der Waals surface area (Å²) in [5.74, 6) is 0.950. The zero-order chi connectivity index (χ0) is 12.1. The second kappa shape index (κ2) is 8.19. The van der Waals surface area contributed by atoms with Crippen LogP contribution < -0.4 is 10.6 Å². The van der Waals surface area contributed by atoms with Crippen molar-refractivity contribution in [3.63, 3.8) is 0 Å². The van der Waals surface area contributed by atoms with Gasteiger partial charge in [0.15, 0.2) is 5.96 Å². The maximum absolute atomic E-state index is 4.24. The Bertz CT molecular complexity index is 264. The van der Waals surface area contributed by atoms with Gasteiger partial charge in [0.1, 0.15) is 0 Å². The lowest BCUT2D eigenvalue weighted by molar-refractivity contribution is 0.242. The van der Waals surface area contributed by atoms with E-state index in [1.807, 2.05) is 7.05 Å². The fraction of sp³-hybridized carbons (Fsp3) is 0.923. The first kappa shape index (κ1) is 16.0. The van der Waals surface area contributed by atoms with E-state index in [-0.39, 0.29) is 24.0 Å². The molecule has 1 atom stereocenters. The number of rotatable bonds is 3. The zero-order valence-corrected chi connectivity index (χ0v) is 13.9. The van der Waals surface area contributed by atoms with E-state index in [1.165, 1.54) is 45.2 Å². The second-order valence-electron chi connectivity index (χ2n) is 5.17. The molecule has 0 spiro atoms. The molecular formula is C13H27IN4. The molecule has 0 aromatic heterocycles. The maximum Gasteiger partial charge on any atom is 0.191 e. The first-order chi connectivity index (χ1) is 8.33. The van der Waals surface area contributed by atoms with Crippen molar-refractivity contribution in [1.82, 2.24) is 15.5 Å². The molecule has 0 amide bonds. The zero-order valence-electron chi connectivity index (χ0n) is 11.6. The number of nitrogens with one attached hydrogen (secondary N) is 2. The molecule has 1 saturated carbocycles. The molecule has 1 aliphatic carbocycles. The molecule has 0 aromatic rings. The quantitative estimate of drug-likeness (QED) is 0.455. The normalized spacial score (nSPS) is 26.1. The molecule has 106 valence electrons. The molecule has 4 nitrogen and oxygen atoms in total. The summed E-state index contributed by atoms with van der Waals surface area (Å²) in [4.78, 5) is 6.91. The Balaban J connectivity index is 0.00000162. The van der Waals surface area contributed by atoms with Gasteiger partial charge >= 0.3 is 0 Å². The van der Waals surface area contributed by atoms with Crippen molar-refractivity contribution in [2.24, 2.45) is 4.99 Å². The summed E-state index contributed by atoms with van der Waals surface area (Å²) in [6, 6.07) is 1.44. The highest BCUT2D eigenvalue weighted by molar-refractivity contribution is 14.0. The van der Waals surface area contributed by atoms with Crippen LogP contribution in [0.15, 0.2) is 4.99 Å². The van der Waals surface area contributed by atoms with Gasteiger partial charge in [-0.1, -0.05) is 12.8 Å². The van der Waals surface area contributed by atoms with Crippen molar-refractivity contribution in [3.05, 3.63) is 0 Å². The highest BCUT2D eigenvalue weighted by atomic mass is 127. The summed E-state index contributed by atoms with van der Waals surface area (Å²) in [5.41, 5.74) is 0. The van der Waals surface area contributed by atoms with Crippen LogP contribution >= 0.6 is 24.0 Å². The van der Waals surface area contributed by atoms with Crippen LogP contribution in [0.2, 0.25) is 0 Å². The third-order valence-corrected chi connectivity index (χ3v) is 3.97. The summed E-state index contributed by atoms with van der Waals surface area (Å²) in [6.07, 6.45) is 6.93. The number of hydrogen-bond donors (Lipinski definition) is 2. The minimum atomic E-state index is 0. The van der Waals surface area contributed by atoms with Gasteiger partial charge in [-0.2, -0.15) is 0 Å². The lowest BCUT2D eigenvalue weighted by Gasteiger charge is -2.24. The van der Waals surface area contributed by atoms with Gasteiger partial charge in [-0.3, -0.25) is 9.89 Å². The van der Waals surface area contributed by atoms with Gasteiger partial charge in [0.2, 0.25) is 0 Å². The average Bonchev–Trinajstić information content (AvgIpc) is 2.98. The van der Waals surface area contributed by atoms with Crippen LogP contribution in [-0.4, -0.2) is 49.6 Å². The minimum Gasteiger partial charge on any atom is -0.357 e. The number of hydrogen-bond acceptors (Lipinski definition) is 2. The largest absolute Gasteiger partial charge is 0.357 e. The van der Waals surface area contributed by atoms with E-state index in [0.717, 1.165) is 18.5 Å². The van der Waals surface area contributed by atoms with E-state index in [1.54, 1.807) is 0 Å². The van der Waals surface area contributed by atoms with Crippen molar-refractivity contribution in [2.75, 3.05) is 26.7 Å². The topological polar surface area (TPSA) is 39.7 Å². The fourth-order valence-corrected chi connectivity index (χ4v) is 3.06. The first-order valence-corrected chi connectivity index (χ1v) is 7.04. The third-order valence-electron chi connectivity index (χ3n) is 3.97. The van der Waals surface area contributed by atoms with Gasteiger partial charge in [0.25, 0.3) is 0 Å². The SMILES string of the molecule is CCNC(=NC)NC1CCN(C2CCCC2)C1.I. The van der Waals surface area contributed by atoms with Crippen molar-refractivity contribution >= 4 is 29.9 Å². The van der Waals surface area contributed by atoms with E-state index >= 15 is 0 Å². The van der Waals surface area contributed by atoms with Crippen LogP contribution in [0.1, 0.15) is 39.0 Å². The Morgan fingerprint density at radius 2 is 2.00 bits per heavy atom. The van der Waals surface area contributed by atoms with Crippen molar-refractivity contribution < 1.29 is 0 Å². The van der Waals surface area contributed by atoms with E-state index < -0.39 is 0 Å². The Labute approximate surface area is 128 Å². The molecule has 2 rings (SSSR count). The maximum atomic E-state index is 4.24. The molecule has 18 heavy (non-hydrogen) atoms. The molecule has 2 N–H and O–H groups in total. The van der Waals surface area contributed by atoms with Crippen molar-refractivity contribution in [1.29, 1.82) is 0 Å². The molecule has 0 bridgehead atoms. The molecular weight excluding hydrogens is 339 g/mol. The molecule has 2 aliphatic rings. The van der Waals surface area contributed by atoms with Crippen LogP contribution in [0.4, 0.5) is 0 Å². The molecule has 5 heteroatoms. The van der Waals surface area contributed by atoms with Gasteiger partial charge in [-0.25, -0.2) is 0 Å². The van der Waals surface area contributed by atoms with Crippen molar-refractivity contribution in [2.45, 2.75) is 51.1 Å². The smallest absolute Gasteiger partial charge is 0.191 e. The summed E-state index contributed by atoms with van der Waals surface area (Å²) >= 11 is 0. The average molecular weight is 366 g/mol. The number of aliphatic imine (C=N–C) groups is 1. The fourth-order valence-electron chi connectivity index (χ4n) is 3.06. The van der Waals surface area contributed by atoms with Crippen LogP contribution in [0, 0.1) is 0 Å². The summed E-state index contributed by atoms with van der Waals surface area (Å²) in [5, 5.41) is 6.78. The van der Waals surface area contributed by atoms with Gasteiger partial charge in [-0.15, -0.1) is 24.0 Å². The molecule has 2 fully saturated rings. The molecule has 1 aliphatic heterocycles. The lowest BCUT2D eigenvalue weighted by atomic mass is 10.2. The van der Waals surface area contributed by atoms with Crippen LogP contribution in [0.3, 0.4) is 0 Å². The molecule has 1 heterocycles. The Morgan fingerprint density at radius 3 is 2.61 bits per heavy atom. The predicted octanol–water partition coefficient (Wildman–Crippen LogP) is 1.81. The second-order valence-corrected chi connectivity index (χ2v) is 5.17. The Morgan fingerprint density at radius 1 is 1.28 bits per heavy atom. The summed E-state index contributed by atoms with van der Waals surface area (Å²) < 4.78 is 0. The highest BCUT2D eigenvalue weighted by Crippen LogP contribution is 2.26. The van der Waals surface area contributed by atoms with Gasteiger partial charge in [0, 0.05) is 38.8 Å². The monoisotopic (exact) mass is 366 g/mol. The van der Waals surface area contributed by atoms with Crippen LogP contribution in [0.25, 0.3) is 0 Å². The van der Waals surface area contributed by atoms with Gasteiger partial charge in [-0.05, 0) is 26.2 Å². The van der Waals surface area contributed by atoms with Crippen LogP contribution in [0.5, 0.6) is 0 Å². The van der Waals surface area contributed by atoms with Crippen LogP contribution in [-0.2, 0) is 0 Å². The number of halogens is 1. The van der Waals surface area contributed by atoms with E-state index in [4.69, 9.17) is 0 Å². The third kappa shape index (κ3) is 4.26. The molecule has 1 unspecified atom stereocenters. The predicted molar refractivity (Wildman–Crippen MR) is 87.8 cm³/mol. The molecule has 0 radical (unpaired) electrons. The van der Waals surface area contributed by atoms with Gasteiger partial charge in [0.05, 0.1) is 0 Å². The number of nitrogens with zero attached hydrogens (tertiary/aromatic N) is 2. The molecule has 1 saturated heterocycles. The van der Waals surface area contributed by atoms with Crippen molar-refractivity contribution in [3.8, 4) is 0 Å². The highest BCUT2D eigenvalue weighted by Gasteiger charge is 2.30. The van der Waals surface area contributed by atoms with E-state index in [9.17, 15) is 0 Å². The summed E-state index contributed by atoms with van der Waals surface area (Å²) in [6.45, 7) is 5.48. The van der Waals surface area contributed by atoms with E-state index in [0.29, 0.717) is 6.04 Å².